The Morgan fingerprint density at radius 1 is 1.19 bits per heavy atom. The summed E-state index contributed by atoms with van der Waals surface area (Å²) >= 11 is 0. The van der Waals surface area contributed by atoms with Gasteiger partial charge in [0.2, 0.25) is 5.91 Å². The molecule has 0 radical (unpaired) electrons. The van der Waals surface area contributed by atoms with E-state index < -0.39 is 24.0 Å². The van der Waals surface area contributed by atoms with E-state index in [0.717, 1.165) is 5.56 Å². The number of anilines is 1. The lowest BCUT2D eigenvalue weighted by atomic mass is 10.0. The van der Waals surface area contributed by atoms with Gasteiger partial charge >= 0.3 is 6.09 Å². The average Bonchev–Trinajstić information content (AvgIpc) is 3.65. The fourth-order valence-electron chi connectivity index (χ4n) is 4.10. The Morgan fingerprint density at radius 2 is 1.95 bits per heavy atom. The standard InChI is InChI=1S/C27H28FN5O4/c1-27(2,3)37-26(35)33-9-7-23(21(28)15-33)36-22-5-4-16(10-19(22)14-30)17-6-8-31-24(12-17)32-25(34)20-11-18(20)13-29/h4-6,8,10,12,18,20-21,23H,7,9,11,15H2,1-3H3,(H,31,32,34)/t18?,20?,21-,23+/m1/s1. The fraction of sp³-hybridized carbons (Fsp3) is 0.444. The zero-order valence-corrected chi connectivity index (χ0v) is 20.9. The van der Waals surface area contributed by atoms with Crippen LogP contribution in [0.3, 0.4) is 0 Å². The van der Waals surface area contributed by atoms with Crippen LogP contribution < -0.4 is 10.1 Å². The molecule has 0 spiro atoms. The summed E-state index contributed by atoms with van der Waals surface area (Å²) in [6.07, 6.45) is -0.457. The van der Waals surface area contributed by atoms with E-state index in [9.17, 15) is 19.2 Å². The first-order chi connectivity index (χ1) is 17.6. The van der Waals surface area contributed by atoms with Gasteiger partial charge in [-0.15, -0.1) is 0 Å². The van der Waals surface area contributed by atoms with Crippen molar-refractivity contribution in [3.8, 4) is 29.0 Å². The lowest BCUT2D eigenvalue weighted by Crippen LogP contribution is -2.50. The van der Waals surface area contributed by atoms with Gasteiger partial charge in [-0.25, -0.2) is 14.2 Å². The largest absolute Gasteiger partial charge is 0.486 e. The second kappa shape index (κ2) is 10.4. The van der Waals surface area contributed by atoms with Gasteiger partial charge in [0.25, 0.3) is 0 Å². The van der Waals surface area contributed by atoms with Gasteiger partial charge in [0.1, 0.15) is 29.3 Å². The Hall–Kier alpha value is -4.18. The molecule has 2 amide bonds. The minimum absolute atomic E-state index is 0.152. The van der Waals surface area contributed by atoms with Crippen LogP contribution in [0.15, 0.2) is 36.5 Å². The smallest absolute Gasteiger partial charge is 0.410 e. The number of pyridine rings is 1. The van der Waals surface area contributed by atoms with Crippen molar-refractivity contribution in [3.05, 3.63) is 42.1 Å². The molecule has 1 aromatic carbocycles. The lowest BCUT2D eigenvalue weighted by molar-refractivity contribution is -0.117. The first-order valence-electron chi connectivity index (χ1n) is 12.1. The monoisotopic (exact) mass is 505 g/mol. The maximum absolute atomic E-state index is 14.9. The highest BCUT2D eigenvalue weighted by atomic mass is 19.1. The molecule has 1 aromatic heterocycles. The summed E-state index contributed by atoms with van der Waals surface area (Å²) in [5, 5.41) is 21.4. The minimum Gasteiger partial charge on any atom is -0.486 e. The Morgan fingerprint density at radius 3 is 2.59 bits per heavy atom. The third-order valence-corrected chi connectivity index (χ3v) is 6.15. The van der Waals surface area contributed by atoms with E-state index in [1.54, 1.807) is 57.3 Å². The zero-order chi connectivity index (χ0) is 26.7. The number of halogens is 1. The molecule has 1 N–H and O–H groups in total. The van der Waals surface area contributed by atoms with Crippen LogP contribution >= 0.6 is 0 Å². The van der Waals surface area contributed by atoms with Crippen molar-refractivity contribution in [2.24, 2.45) is 11.8 Å². The Balaban J connectivity index is 1.42. The van der Waals surface area contributed by atoms with Crippen LogP contribution in [0.2, 0.25) is 0 Å². The zero-order valence-electron chi connectivity index (χ0n) is 20.9. The maximum Gasteiger partial charge on any atom is 0.410 e. The summed E-state index contributed by atoms with van der Waals surface area (Å²) in [7, 11) is 0. The van der Waals surface area contributed by atoms with Crippen LogP contribution in [0, 0.1) is 34.5 Å². The number of nitrogens with zero attached hydrogens (tertiary/aromatic N) is 4. The molecule has 1 saturated heterocycles. The summed E-state index contributed by atoms with van der Waals surface area (Å²) in [4.78, 5) is 30.0. The molecule has 0 bridgehead atoms. The van der Waals surface area contributed by atoms with Crippen molar-refractivity contribution < 1.29 is 23.5 Å². The number of nitrogens with one attached hydrogen (secondary N) is 1. The molecule has 9 nitrogen and oxygen atoms in total. The third-order valence-electron chi connectivity index (χ3n) is 6.15. The molecule has 4 rings (SSSR count). The van der Waals surface area contributed by atoms with E-state index in [1.165, 1.54) is 4.90 Å². The van der Waals surface area contributed by atoms with Gasteiger partial charge < -0.3 is 19.7 Å². The van der Waals surface area contributed by atoms with Gasteiger partial charge in [-0.1, -0.05) is 6.07 Å². The summed E-state index contributed by atoms with van der Waals surface area (Å²) in [6.45, 7) is 5.39. The van der Waals surface area contributed by atoms with Gasteiger partial charge in [0, 0.05) is 19.2 Å². The van der Waals surface area contributed by atoms with Crippen LogP contribution in [0.25, 0.3) is 11.1 Å². The number of carbonyl (C=O) groups is 2. The van der Waals surface area contributed by atoms with Crippen LogP contribution in [0.1, 0.15) is 39.2 Å². The van der Waals surface area contributed by atoms with Gasteiger partial charge in [0.05, 0.1) is 30.0 Å². The van der Waals surface area contributed by atoms with E-state index in [0.29, 0.717) is 17.8 Å². The molecular weight excluding hydrogens is 477 g/mol. The van der Waals surface area contributed by atoms with Gasteiger partial charge in [0.15, 0.2) is 6.17 Å². The van der Waals surface area contributed by atoms with Gasteiger partial charge in [-0.3, -0.25) is 4.79 Å². The van der Waals surface area contributed by atoms with E-state index in [1.807, 2.05) is 0 Å². The van der Waals surface area contributed by atoms with Crippen molar-refractivity contribution in [2.45, 2.75) is 51.5 Å². The van der Waals surface area contributed by atoms with E-state index in [4.69, 9.17) is 14.7 Å². The number of piperidine rings is 1. The Bertz CT molecular complexity index is 1280. The summed E-state index contributed by atoms with van der Waals surface area (Å²) in [5.74, 6) is -0.198. The topological polar surface area (TPSA) is 128 Å². The van der Waals surface area contributed by atoms with Crippen LogP contribution in [-0.2, 0) is 9.53 Å². The molecule has 37 heavy (non-hydrogen) atoms. The summed E-state index contributed by atoms with van der Waals surface area (Å²) in [6, 6.07) is 12.6. The highest BCUT2D eigenvalue weighted by molar-refractivity contribution is 5.94. The molecule has 1 aliphatic carbocycles. The normalized spacial score (nSPS) is 22.8. The predicted molar refractivity (Wildman–Crippen MR) is 132 cm³/mol. The number of benzene rings is 1. The number of carbonyl (C=O) groups excluding carboxylic acids is 2. The van der Waals surface area contributed by atoms with Crippen LogP contribution in [-0.4, -0.2) is 52.9 Å². The summed E-state index contributed by atoms with van der Waals surface area (Å²) in [5.41, 5.74) is 0.977. The molecule has 2 unspecified atom stereocenters. The third kappa shape index (κ3) is 6.34. The van der Waals surface area contributed by atoms with E-state index in [2.05, 4.69) is 22.4 Å². The van der Waals surface area contributed by atoms with E-state index in [-0.39, 0.29) is 48.6 Å². The van der Waals surface area contributed by atoms with Crippen molar-refractivity contribution in [3.63, 3.8) is 0 Å². The molecule has 192 valence electrons. The predicted octanol–water partition coefficient (Wildman–Crippen LogP) is 4.44. The minimum atomic E-state index is -1.44. The molecule has 10 heteroatoms. The van der Waals surface area contributed by atoms with Crippen LogP contribution in [0.4, 0.5) is 15.0 Å². The maximum atomic E-state index is 14.9. The van der Waals surface area contributed by atoms with Crippen LogP contribution in [0.5, 0.6) is 5.75 Å². The number of likely N-dealkylation sites (tertiary alicyclic amines) is 1. The fourth-order valence-corrected chi connectivity index (χ4v) is 4.10. The molecular formula is C27H28FN5O4. The van der Waals surface area contributed by atoms with Gasteiger partial charge in [-0.2, -0.15) is 10.5 Å². The van der Waals surface area contributed by atoms with Crippen molar-refractivity contribution in [1.29, 1.82) is 10.5 Å². The van der Waals surface area contributed by atoms with Gasteiger partial charge in [-0.05, 0) is 62.6 Å². The number of rotatable bonds is 5. The SMILES string of the molecule is CC(C)(C)OC(=O)N1CC[C@H](Oc2ccc(-c3ccnc(NC(=O)C4CC4C#N)c3)cc2C#N)[C@H](F)C1. The lowest BCUT2D eigenvalue weighted by Gasteiger charge is -2.35. The molecule has 2 heterocycles. The van der Waals surface area contributed by atoms with Crippen molar-refractivity contribution in [2.75, 3.05) is 18.4 Å². The number of hydrogen-bond donors (Lipinski definition) is 1. The molecule has 4 atom stereocenters. The number of amides is 2. The number of ether oxygens (including phenoxy) is 2. The first kappa shape index (κ1) is 25.9. The number of hydrogen-bond acceptors (Lipinski definition) is 7. The highest BCUT2D eigenvalue weighted by Crippen LogP contribution is 2.38. The van der Waals surface area contributed by atoms with E-state index >= 15 is 0 Å². The number of aromatic nitrogens is 1. The molecule has 1 saturated carbocycles. The Kier molecular flexibility index (Phi) is 7.30. The molecule has 2 aromatic rings. The average molecular weight is 506 g/mol. The molecule has 1 aliphatic heterocycles. The van der Waals surface area contributed by atoms with Crippen molar-refractivity contribution >= 4 is 17.8 Å². The quantitative estimate of drug-likeness (QED) is 0.636. The number of nitriles is 2. The second-order valence-electron chi connectivity index (χ2n) is 10.2. The highest BCUT2D eigenvalue weighted by Gasteiger charge is 2.43. The van der Waals surface area contributed by atoms with Crippen molar-refractivity contribution in [1.82, 2.24) is 9.88 Å². The number of alkyl halides is 1. The molecule has 2 fully saturated rings. The second-order valence-corrected chi connectivity index (χ2v) is 10.2. The summed E-state index contributed by atoms with van der Waals surface area (Å²) < 4.78 is 26.1. The molecule has 2 aliphatic rings. The Labute approximate surface area is 214 Å². The first-order valence-corrected chi connectivity index (χ1v) is 12.1.